The lowest BCUT2D eigenvalue weighted by atomic mass is 10.2. The molecule has 3 heteroatoms. The maximum absolute atomic E-state index is 5.93. The number of ether oxygens (including phenoxy) is 1. The summed E-state index contributed by atoms with van der Waals surface area (Å²) in [6, 6.07) is 5.46. The van der Waals surface area contributed by atoms with Crippen LogP contribution in [0.4, 0.5) is 0 Å². The highest BCUT2D eigenvalue weighted by Crippen LogP contribution is 2.25. The van der Waals surface area contributed by atoms with Crippen molar-refractivity contribution in [3.63, 3.8) is 0 Å². The zero-order chi connectivity index (χ0) is 9.68. The van der Waals surface area contributed by atoms with E-state index in [1.165, 1.54) is 0 Å². The molecule has 0 N–H and O–H groups in total. The van der Waals surface area contributed by atoms with E-state index < -0.39 is 0 Å². The predicted molar refractivity (Wildman–Crippen MR) is 56.2 cm³/mol. The molecule has 0 heterocycles. The second-order valence-electron chi connectivity index (χ2n) is 2.38. The third kappa shape index (κ3) is 2.94. The van der Waals surface area contributed by atoms with Crippen LogP contribution < -0.4 is 4.74 Å². The van der Waals surface area contributed by atoms with Crippen molar-refractivity contribution in [1.29, 1.82) is 0 Å². The standard InChI is InChI=1S/C10H9Cl2O/c1-2-13-10-4-3-8(5-6-11)7-9(10)12/h3-5,7H,2H2,1H3. The SMILES string of the molecule is CCOc1ccc(C=[C]Cl)cc1Cl. The van der Waals surface area contributed by atoms with Gasteiger partial charge < -0.3 is 4.74 Å². The fraction of sp³-hybridized carbons (Fsp3) is 0.200. The van der Waals surface area contributed by atoms with Crippen LogP contribution in [0.5, 0.6) is 5.75 Å². The predicted octanol–water partition coefficient (Wildman–Crippen LogP) is 3.75. The molecule has 0 saturated heterocycles. The largest absolute Gasteiger partial charge is 0.492 e. The normalized spacial score (nSPS) is 10.7. The first-order valence-corrected chi connectivity index (χ1v) is 4.65. The lowest BCUT2D eigenvalue weighted by molar-refractivity contribution is 0.340. The van der Waals surface area contributed by atoms with Gasteiger partial charge in [0, 0.05) is 0 Å². The molecular weight excluding hydrogens is 207 g/mol. The lowest BCUT2D eigenvalue weighted by Crippen LogP contribution is -1.91. The average molecular weight is 216 g/mol. The number of hydrogen-bond acceptors (Lipinski definition) is 1. The first-order valence-electron chi connectivity index (χ1n) is 3.89. The molecule has 1 nitrogen and oxygen atoms in total. The molecule has 0 aliphatic carbocycles. The van der Waals surface area contributed by atoms with Crippen molar-refractivity contribution in [1.82, 2.24) is 0 Å². The first kappa shape index (κ1) is 10.4. The van der Waals surface area contributed by atoms with Gasteiger partial charge in [0.1, 0.15) is 5.75 Å². The summed E-state index contributed by atoms with van der Waals surface area (Å²) in [5, 5.41) is 0.586. The highest BCUT2D eigenvalue weighted by Gasteiger charge is 2.00. The van der Waals surface area contributed by atoms with Crippen LogP contribution >= 0.6 is 23.2 Å². The summed E-state index contributed by atoms with van der Waals surface area (Å²) in [5.74, 6) is 0.691. The van der Waals surface area contributed by atoms with Gasteiger partial charge in [-0.15, -0.1) is 0 Å². The summed E-state index contributed by atoms with van der Waals surface area (Å²) in [6.45, 7) is 2.52. The van der Waals surface area contributed by atoms with Gasteiger partial charge in [-0.1, -0.05) is 29.3 Å². The van der Waals surface area contributed by atoms with Crippen molar-refractivity contribution in [2.24, 2.45) is 0 Å². The monoisotopic (exact) mass is 215 g/mol. The van der Waals surface area contributed by atoms with Crippen molar-refractivity contribution in [2.45, 2.75) is 6.92 Å². The third-order valence-corrected chi connectivity index (χ3v) is 1.88. The summed E-state index contributed by atoms with van der Waals surface area (Å²) >= 11 is 11.2. The van der Waals surface area contributed by atoms with Gasteiger partial charge in [0.15, 0.2) is 0 Å². The van der Waals surface area contributed by atoms with E-state index in [0.29, 0.717) is 17.4 Å². The van der Waals surface area contributed by atoms with Gasteiger partial charge >= 0.3 is 0 Å². The molecule has 0 amide bonds. The van der Waals surface area contributed by atoms with E-state index in [4.69, 9.17) is 27.9 Å². The smallest absolute Gasteiger partial charge is 0.137 e. The Morgan fingerprint density at radius 2 is 2.31 bits per heavy atom. The number of hydrogen-bond donors (Lipinski definition) is 0. The van der Waals surface area contributed by atoms with Gasteiger partial charge in [0.2, 0.25) is 0 Å². The second-order valence-corrected chi connectivity index (χ2v) is 3.00. The molecule has 1 aromatic carbocycles. The summed E-state index contributed by atoms with van der Waals surface area (Å²) in [5.41, 5.74) is 3.32. The highest BCUT2D eigenvalue weighted by molar-refractivity contribution is 6.32. The molecule has 0 bridgehead atoms. The number of rotatable bonds is 3. The average Bonchev–Trinajstić information content (AvgIpc) is 2.10. The van der Waals surface area contributed by atoms with Gasteiger partial charge in [0.05, 0.1) is 17.2 Å². The fourth-order valence-corrected chi connectivity index (χ4v) is 1.31. The Balaban J connectivity index is 2.91. The van der Waals surface area contributed by atoms with E-state index in [1.807, 2.05) is 19.1 Å². The molecule has 0 saturated carbocycles. The zero-order valence-electron chi connectivity index (χ0n) is 7.18. The lowest BCUT2D eigenvalue weighted by Gasteiger charge is -2.05. The Hall–Kier alpha value is -0.660. The van der Waals surface area contributed by atoms with Gasteiger partial charge in [0.25, 0.3) is 0 Å². The molecule has 13 heavy (non-hydrogen) atoms. The summed E-state index contributed by atoms with van der Waals surface area (Å²) < 4.78 is 5.27. The molecular formula is C10H9Cl2O. The molecule has 1 rings (SSSR count). The number of halogens is 2. The third-order valence-electron chi connectivity index (χ3n) is 1.48. The van der Waals surface area contributed by atoms with Crippen LogP contribution in [0, 0.1) is 5.54 Å². The maximum atomic E-state index is 5.93. The van der Waals surface area contributed by atoms with Crippen molar-refractivity contribution in [2.75, 3.05) is 6.61 Å². The van der Waals surface area contributed by atoms with Crippen LogP contribution in [0.1, 0.15) is 12.5 Å². The first-order chi connectivity index (χ1) is 6.27. The minimum atomic E-state index is 0.586. The molecule has 0 aliphatic heterocycles. The molecule has 0 fully saturated rings. The minimum absolute atomic E-state index is 0.586. The molecule has 0 unspecified atom stereocenters. The van der Waals surface area contributed by atoms with Crippen molar-refractivity contribution >= 4 is 29.3 Å². The van der Waals surface area contributed by atoms with Gasteiger partial charge in [-0.3, -0.25) is 0 Å². The Labute approximate surface area is 87.9 Å². The van der Waals surface area contributed by atoms with E-state index in [1.54, 1.807) is 12.1 Å². The highest BCUT2D eigenvalue weighted by atomic mass is 35.5. The summed E-state index contributed by atoms with van der Waals surface area (Å²) in [6.07, 6.45) is 1.64. The Morgan fingerprint density at radius 1 is 1.54 bits per heavy atom. The zero-order valence-corrected chi connectivity index (χ0v) is 8.69. The maximum Gasteiger partial charge on any atom is 0.137 e. The molecule has 0 atom stereocenters. The van der Waals surface area contributed by atoms with Gasteiger partial charge in [-0.2, -0.15) is 0 Å². The van der Waals surface area contributed by atoms with Crippen LogP contribution in [0.25, 0.3) is 6.08 Å². The topological polar surface area (TPSA) is 9.23 Å². The van der Waals surface area contributed by atoms with E-state index in [-0.39, 0.29) is 0 Å². The van der Waals surface area contributed by atoms with Gasteiger partial charge in [-0.25, -0.2) is 0 Å². The van der Waals surface area contributed by atoms with E-state index >= 15 is 0 Å². The van der Waals surface area contributed by atoms with Crippen LogP contribution in [0.2, 0.25) is 5.02 Å². The molecule has 69 valence electrons. The van der Waals surface area contributed by atoms with E-state index in [2.05, 4.69) is 5.54 Å². The van der Waals surface area contributed by atoms with Gasteiger partial charge in [-0.05, 0) is 30.7 Å². The Morgan fingerprint density at radius 3 is 2.85 bits per heavy atom. The van der Waals surface area contributed by atoms with E-state index in [9.17, 15) is 0 Å². The fourth-order valence-electron chi connectivity index (χ4n) is 0.942. The van der Waals surface area contributed by atoms with E-state index in [0.717, 1.165) is 5.56 Å². The van der Waals surface area contributed by atoms with Crippen molar-refractivity contribution in [3.05, 3.63) is 34.3 Å². The Kier molecular flexibility index (Phi) is 4.13. The van der Waals surface area contributed by atoms with Crippen LogP contribution in [0.3, 0.4) is 0 Å². The summed E-state index contributed by atoms with van der Waals surface area (Å²) in [4.78, 5) is 0. The number of benzene rings is 1. The van der Waals surface area contributed by atoms with Crippen molar-refractivity contribution in [3.8, 4) is 5.75 Å². The Bertz CT molecular complexity index is 308. The van der Waals surface area contributed by atoms with Crippen LogP contribution in [0.15, 0.2) is 18.2 Å². The van der Waals surface area contributed by atoms with Crippen LogP contribution in [-0.2, 0) is 0 Å². The quantitative estimate of drug-likeness (QED) is 0.747. The second kappa shape index (κ2) is 5.15. The van der Waals surface area contributed by atoms with Crippen molar-refractivity contribution < 1.29 is 4.74 Å². The molecule has 0 spiro atoms. The minimum Gasteiger partial charge on any atom is -0.492 e. The molecule has 0 aliphatic rings. The molecule has 1 aromatic rings. The summed E-state index contributed by atoms with van der Waals surface area (Å²) in [7, 11) is 0. The molecule has 0 aromatic heterocycles. The van der Waals surface area contributed by atoms with Crippen LogP contribution in [-0.4, -0.2) is 6.61 Å². The molecule has 1 radical (unpaired) electrons.